The average Bonchev–Trinajstić information content (AvgIpc) is 2.42. The van der Waals surface area contributed by atoms with E-state index in [4.69, 9.17) is 25.2 Å². The molecule has 0 aromatic heterocycles. The van der Waals surface area contributed by atoms with Gasteiger partial charge in [-0.05, 0) is 25.7 Å². The summed E-state index contributed by atoms with van der Waals surface area (Å²) in [4.78, 5) is 47.6. The number of rotatable bonds is 10. The van der Waals surface area contributed by atoms with Crippen molar-refractivity contribution in [3.05, 3.63) is 0 Å². The van der Waals surface area contributed by atoms with Gasteiger partial charge in [-0.3, -0.25) is 19.2 Å². The number of hydrogen-bond acceptors (Lipinski definition) is 5. The summed E-state index contributed by atoms with van der Waals surface area (Å²) >= 11 is 0. The van der Waals surface area contributed by atoms with E-state index in [1.165, 1.54) is 0 Å². The zero-order chi connectivity index (χ0) is 18.0. The molecule has 0 aliphatic rings. The Morgan fingerprint density at radius 2 is 0.625 bits per heavy atom. The van der Waals surface area contributed by atoms with Crippen molar-refractivity contribution in [2.75, 3.05) is 0 Å². The van der Waals surface area contributed by atoms with Crippen LogP contribution in [0.5, 0.6) is 0 Å². The first-order valence-electron chi connectivity index (χ1n) is 6.41. The van der Waals surface area contributed by atoms with Gasteiger partial charge in [0, 0.05) is 59.8 Å². The third-order valence-corrected chi connectivity index (χ3v) is 2.06. The number of carboxylic acid groups (broad SMARTS) is 4. The molecule has 150 valence electrons. The van der Waals surface area contributed by atoms with Crippen molar-refractivity contribution in [2.45, 2.75) is 51.4 Å². The Hall–Kier alpha value is -1.41. The van der Waals surface area contributed by atoms with Crippen LogP contribution in [0.3, 0.4) is 0 Å². The number of carbonyl (C=O) groups excluding carboxylic acids is 1. The van der Waals surface area contributed by atoms with Crippen LogP contribution in [0.2, 0.25) is 0 Å². The topological polar surface area (TPSA) is 166 Å². The molecule has 0 aromatic rings. The van der Waals surface area contributed by atoms with E-state index >= 15 is 0 Å². The Labute approximate surface area is 160 Å². The Kier molecular flexibility index (Phi) is 37.6. The molecular weight excluding hydrogens is 427 g/mol. The normalized spacial score (nSPS) is 7.83. The van der Waals surface area contributed by atoms with E-state index in [0.29, 0.717) is 25.7 Å². The van der Waals surface area contributed by atoms with Gasteiger partial charge in [-0.25, -0.2) is 0 Å². The summed E-state index contributed by atoms with van der Waals surface area (Å²) < 4.78 is 0. The molecule has 0 bridgehead atoms. The van der Waals surface area contributed by atoms with Crippen molar-refractivity contribution >= 4 is 30.7 Å². The molecule has 0 amide bonds. The van der Waals surface area contributed by atoms with Crippen molar-refractivity contribution in [3.8, 4) is 0 Å². The minimum atomic E-state index is -0.870. The van der Waals surface area contributed by atoms with Gasteiger partial charge in [-0.1, -0.05) is 0 Å². The third kappa shape index (κ3) is 49.9. The Morgan fingerprint density at radius 1 is 0.500 bits per heavy atom. The largest absolute Gasteiger partial charge is 0.481 e. The molecule has 0 heterocycles. The molecule has 0 atom stereocenters. The van der Waals surface area contributed by atoms with Crippen LogP contribution in [0.25, 0.3) is 0 Å². The SMILES string of the molecule is C=O.O=C(O)CCCCC(=O)O.O=C(O)CCCCC(=O)O.[Cu].[Cu]. The molecule has 2 radical (unpaired) electrons. The monoisotopic (exact) mass is 448 g/mol. The van der Waals surface area contributed by atoms with Gasteiger partial charge >= 0.3 is 23.9 Å². The van der Waals surface area contributed by atoms with E-state index in [2.05, 4.69) is 0 Å². The van der Waals surface area contributed by atoms with Gasteiger partial charge in [0.2, 0.25) is 0 Å². The predicted octanol–water partition coefficient (Wildman–Crippen LogP) is 1.24. The molecule has 0 rings (SSSR count). The van der Waals surface area contributed by atoms with Gasteiger partial charge in [-0.2, -0.15) is 0 Å². The van der Waals surface area contributed by atoms with E-state index in [-0.39, 0.29) is 59.8 Å². The quantitative estimate of drug-likeness (QED) is 0.283. The van der Waals surface area contributed by atoms with Crippen molar-refractivity contribution in [1.29, 1.82) is 0 Å². The molecule has 0 spiro atoms. The molecule has 0 aromatic carbocycles. The molecule has 0 fully saturated rings. The van der Waals surface area contributed by atoms with Crippen LogP contribution in [0, 0.1) is 0 Å². The Balaban J connectivity index is -0.0000000843. The van der Waals surface area contributed by atoms with Gasteiger partial charge in [0.1, 0.15) is 6.79 Å². The summed E-state index contributed by atoms with van der Waals surface area (Å²) in [6.45, 7) is 2.00. The molecular formula is C13H22Cu2O9. The fourth-order valence-electron chi connectivity index (χ4n) is 1.10. The van der Waals surface area contributed by atoms with Crippen molar-refractivity contribution in [2.24, 2.45) is 0 Å². The van der Waals surface area contributed by atoms with Gasteiger partial charge < -0.3 is 25.2 Å². The van der Waals surface area contributed by atoms with E-state index in [9.17, 15) is 19.2 Å². The third-order valence-electron chi connectivity index (χ3n) is 2.06. The summed E-state index contributed by atoms with van der Waals surface area (Å²) in [5.74, 6) is -3.48. The molecule has 0 unspecified atom stereocenters. The van der Waals surface area contributed by atoms with E-state index in [0.717, 1.165) is 0 Å². The van der Waals surface area contributed by atoms with Crippen LogP contribution in [0.1, 0.15) is 51.4 Å². The van der Waals surface area contributed by atoms with E-state index in [1.807, 2.05) is 6.79 Å². The minimum Gasteiger partial charge on any atom is -0.481 e. The summed E-state index contributed by atoms with van der Waals surface area (Å²) in [6.07, 6.45) is 2.04. The van der Waals surface area contributed by atoms with Gasteiger partial charge in [0.15, 0.2) is 0 Å². The number of aliphatic carboxylic acids is 4. The standard InChI is InChI=1S/2C6H10O4.CH2O.2Cu/c2*7-5(8)3-1-2-4-6(9)10;1-2;;/h2*1-4H2,(H,7,8)(H,9,10);1H2;;. The Morgan fingerprint density at radius 3 is 0.708 bits per heavy atom. The molecule has 9 nitrogen and oxygen atoms in total. The molecule has 0 saturated carbocycles. The maximum absolute atomic E-state index is 9.90. The second-order valence-electron chi connectivity index (χ2n) is 3.99. The predicted molar refractivity (Wildman–Crippen MR) is 74.6 cm³/mol. The van der Waals surface area contributed by atoms with Gasteiger partial charge in [0.05, 0.1) is 0 Å². The summed E-state index contributed by atoms with van der Waals surface area (Å²) in [5, 5.41) is 32.5. The Bertz CT molecular complexity index is 284. The number of carbonyl (C=O) groups is 5. The molecule has 4 N–H and O–H groups in total. The fourth-order valence-corrected chi connectivity index (χ4v) is 1.10. The van der Waals surface area contributed by atoms with E-state index in [1.54, 1.807) is 0 Å². The van der Waals surface area contributed by atoms with Crippen LogP contribution in [-0.4, -0.2) is 51.1 Å². The minimum absolute atomic E-state index is 0. The first-order valence-corrected chi connectivity index (χ1v) is 6.41. The van der Waals surface area contributed by atoms with E-state index < -0.39 is 23.9 Å². The van der Waals surface area contributed by atoms with Gasteiger partial charge in [0.25, 0.3) is 0 Å². The first kappa shape index (κ1) is 34.0. The molecule has 0 saturated heterocycles. The fraction of sp³-hybridized carbons (Fsp3) is 0.615. The van der Waals surface area contributed by atoms with Crippen molar-refractivity contribution in [3.63, 3.8) is 0 Å². The maximum Gasteiger partial charge on any atom is 0.303 e. The smallest absolute Gasteiger partial charge is 0.303 e. The van der Waals surface area contributed by atoms with Crippen LogP contribution < -0.4 is 0 Å². The van der Waals surface area contributed by atoms with Crippen molar-refractivity contribution in [1.82, 2.24) is 0 Å². The van der Waals surface area contributed by atoms with Crippen LogP contribution in [-0.2, 0) is 58.1 Å². The van der Waals surface area contributed by atoms with Crippen molar-refractivity contribution < 1.29 is 78.5 Å². The maximum atomic E-state index is 9.90. The number of unbranched alkanes of at least 4 members (excludes halogenated alkanes) is 2. The molecule has 11 heteroatoms. The summed E-state index contributed by atoms with van der Waals surface area (Å²) in [7, 11) is 0. The van der Waals surface area contributed by atoms with Gasteiger partial charge in [-0.15, -0.1) is 0 Å². The molecule has 0 aliphatic heterocycles. The van der Waals surface area contributed by atoms with Crippen LogP contribution in [0.15, 0.2) is 0 Å². The first-order chi connectivity index (χ1) is 10.3. The van der Waals surface area contributed by atoms with Crippen LogP contribution in [0.4, 0.5) is 0 Å². The van der Waals surface area contributed by atoms with Crippen LogP contribution >= 0.6 is 0 Å². The summed E-state index contributed by atoms with van der Waals surface area (Å²) in [6, 6.07) is 0. The second-order valence-corrected chi connectivity index (χ2v) is 3.99. The zero-order valence-electron chi connectivity index (χ0n) is 12.8. The second kappa shape index (κ2) is 26.5. The number of carboxylic acids is 4. The summed E-state index contributed by atoms with van der Waals surface area (Å²) in [5.41, 5.74) is 0. The molecule has 0 aliphatic carbocycles. The average molecular weight is 449 g/mol. The zero-order valence-corrected chi connectivity index (χ0v) is 14.7. The number of hydrogen-bond donors (Lipinski definition) is 4. The molecule has 24 heavy (non-hydrogen) atoms.